The van der Waals surface area contributed by atoms with Crippen molar-refractivity contribution in [2.24, 2.45) is 0 Å². The van der Waals surface area contributed by atoms with Gasteiger partial charge in [0.1, 0.15) is 0 Å². The van der Waals surface area contributed by atoms with E-state index in [4.69, 9.17) is 4.74 Å². The highest BCUT2D eigenvalue weighted by molar-refractivity contribution is 5.11. The van der Waals surface area contributed by atoms with Gasteiger partial charge in [0.2, 0.25) is 5.88 Å². The van der Waals surface area contributed by atoms with Crippen molar-refractivity contribution in [1.29, 1.82) is 0 Å². The molecule has 0 aliphatic carbocycles. The summed E-state index contributed by atoms with van der Waals surface area (Å²) < 4.78 is 5.51. The monoisotopic (exact) mass is 244 g/mol. The van der Waals surface area contributed by atoms with Crippen LogP contribution in [0.3, 0.4) is 0 Å². The predicted molar refractivity (Wildman–Crippen MR) is 68.2 cm³/mol. The molecule has 0 aliphatic heterocycles. The fourth-order valence-electron chi connectivity index (χ4n) is 1.51. The maximum Gasteiger partial charge on any atom is 0.233 e. The third-order valence-corrected chi connectivity index (χ3v) is 2.39. The maximum absolute atomic E-state index is 5.51. The normalized spacial score (nSPS) is 10.3. The van der Waals surface area contributed by atoms with Crippen LogP contribution in [0, 0.1) is 0 Å². The lowest BCUT2D eigenvalue weighted by molar-refractivity contribution is 0.304. The van der Waals surface area contributed by atoms with Crippen LogP contribution in [0.4, 0.5) is 0 Å². The average Bonchev–Trinajstić information content (AvgIpc) is 2.42. The van der Waals surface area contributed by atoms with E-state index in [1.807, 2.05) is 37.4 Å². The van der Waals surface area contributed by atoms with Gasteiger partial charge in [-0.05, 0) is 25.2 Å². The van der Waals surface area contributed by atoms with Crippen molar-refractivity contribution in [1.82, 2.24) is 20.5 Å². The summed E-state index contributed by atoms with van der Waals surface area (Å²) >= 11 is 0. The van der Waals surface area contributed by atoms with Crippen LogP contribution in [0.1, 0.15) is 11.4 Å². The lowest BCUT2D eigenvalue weighted by Crippen LogP contribution is -2.09. The first-order valence-electron chi connectivity index (χ1n) is 5.88. The minimum atomic E-state index is 0.547. The Bertz CT molecular complexity index is 458. The molecule has 0 amide bonds. The van der Waals surface area contributed by atoms with Crippen LogP contribution in [0.15, 0.2) is 36.5 Å². The Balaban J connectivity index is 1.80. The fraction of sp³-hybridized carbons (Fsp3) is 0.308. The molecule has 0 atom stereocenters. The summed E-state index contributed by atoms with van der Waals surface area (Å²) in [4.78, 5) is 4.22. The maximum atomic E-state index is 5.51. The number of ether oxygens (including phenoxy) is 1. The Labute approximate surface area is 106 Å². The zero-order valence-corrected chi connectivity index (χ0v) is 10.3. The third kappa shape index (κ3) is 3.78. The lowest BCUT2D eigenvalue weighted by Gasteiger charge is -2.04. The van der Waals surface area contributed by atoms with Crippen molar-refractivity contribution < 1.29 is 4.74 Å². The highest BCUT2D eigenvalue weighted by Crippen LogP contribution is 2.05. The summed E-state index contributed by atoms with van der Waals surface area (Å²) in [6, 6.07) is 9.58. The molecule has 1 N–H and O–H groups in total. The van der Waals surface area contributed by atoms with Crippen molar-refractivity contribution in [3.8, 4) is 5.88 Å². The highest BCUT2D eigenvalue weighted by Gasteiger charge is 1.99. The van der Waals surface area contributed by atoms with Crippen LogP contribution in [-0.2, 0) is 13.0 Å². The second-order valence-corrected chi connectivity index (χ2v) is 3.81. The van der Waals surface area contributed by atoms with Crippen LogP contribution in [0.2, 0.25) is 0 Å². The SMILES string of the molecule is CNCc1ccc(OCCc2ccccn2)nn1. The Morgan fingerprint density at radius 2 is 2.06 bits per heavy atom. The largest absolute Gasteiger partial charge is 0.476 e. The first kappa shape index (κ1) is 12.4. The molecule has 0 spiro atoms. The van der Waals surface area contributed by atoms with Crippen LogP contribution in [0.5, 0.6) is 5.88 Å². The van der Waals surface area contributed by atoms with E-state index < -0.39 is 0 Å². The van der Waals surface area contributed by atoms with Gasteiger partial charge in [-0.15, -0.1) is 5.10 Å². The standard InChI is InChI=1S/C13H16N4O/c1-14-10-12-5-6-13(17-16-12)18-9-7-11-4-2-3-8-15-11/h2-6,8,14H,7,9-10H2,1H3. The first-order valence-corrected chi connectivity index (χ1v) is 5.88. The highest BCUT2D eigenvalue weighted by atomic mass is 16.5. The molecule has 0 fully saturated rings. The second kappa shape index (κ2) is 6.66. The van der Waals surface area contributed by atoms with E-state index in [2.05, 4.69) is 20.5 Å². The van der Waals surface area contributed by atoms with Crippen molar-refractivity contribution in [3.63, 3.8) is 0 Å². The average molecular weight is 244 g/mol. The number of nitrogens with zero attached hydrogens (tertiary/aromatic N) is 3. The van der Waals surface area contributed by atoms with Gasteiger partial charge in [0.15, 0.2) is 0 Å². The van der Waals surface area contributed by atoms with E-state index >= 15 is 0 Å². The molecular formula is C13H16N4O. The molecule has 0 saturated heterocycles. The van der Waals surface area contributed by atoms with Gasteiger partial charge in [0, 0.05) is 30.9 Å². The number of nitrogens with one attached hydrogen (secondary N) is 1. The molecule has 2 rings (SSSR count). The number of hydrogen-bond acceptors (Lipinski definition) is 5. The van der Waals surface area contributed by atoms with Gasteiger partial charge >= 0.3 is 0 Å². The van der Waals surface area contributed by atoms with Gasteiger partial charge in [-0.25, -0.2) is 0 Å². The topological polar surface area (TPSA) is 59.9 Å². The Hall–Kier alpha value is -2.01. The van der Waals surface area contributed by atoms with E-state index in [0.717, 1.165) is 17.8 Å². The zero-order chi connectivity index (χ0) is 12.6. The Morgan fingerprint density at radius 1 is 1.11 bits per heavy atom. The molecule has 2 aromatic heterocycles. The third-order valence-electron chi connectivity index (χ3n) is 2.39. The van der Waals surface area contributed by atoms with Crippen LogP contribution >= 0.6 is 0 Å². The predicted octanol–water partition coefficient (Wildman–Crippen LogP) is 1.21. The number of hydrogen-bond donors (Lipinski definition) is 1. The van der Waals surface area contributed by atoms with E-state index in [1.165, 1.54) is 0 Å². The summed E-state index contributed by atoms with van der Waals surface area (Å²) in [7, 11) is 1.87. The summed E-state index contributed by atoms with van der Waals surface area (Å²) in [5.41, 5.74) is 1.91. The van der Waals surface area contributed by atoms with E-state index in [1.54, 1.807) is 6.20 Å². The van der Waals surface area contributed by atoms with Gasteiger partial charge in [-0.3, -0.25) is 4.98 Å². The number of pyridine rings is 1. The van der Waals surface area contributed by atoms with E-state index in [9.17, 15) is 0 Å². The molecule has 2 aromatic rings. The van der Waals surface area contributed by atoms with E-state index in [-0.39, 0.29) is 0 Å². The van der Waals surface area contributed by atoms with E-state index in [0.29, 0.717) is 19.0 Å². The van der Waals surface area contributed by atoms with Gasteiger partial charge in [-0.1, -0.05) is 6.07 Å². The quantitative estimate of drug-likeness (QED) is 0.827. The molecule has 5 nitrogen and oxygen atoms in total. The molecule has 2 heterocycles. The van der Waals surface area contributed by atoms with Crippen LogP contribution in [0.25, 0.3) is 0 Å². The summed E-state index contributed by atoms with van der Waals surface area (Å²) in [6.07, 6.45) is 2.54. The van der Waals surface area contributed by atoms with Crippen molar-refractivity contribution in [2.45, 2.75) is 13.0 Å². The molecule has 0 aromatic carbocycles. The summed E-state index contributed by atoms with van der Waals surface area (Å²) in [5, 5.41) is 11.1. The molecule has 0 unspecified atom stereocenters. The number of rotatable bonds is 6. The molecular weight excluding hydrogens is 228 g/mol. The molecule has 18 heavy (non-hydrogen) atoms. The van der Waals surface area contributed by atoms with Crippen LogP contribution < -0.4 is 10.1 Å². The molecule has 0 radical (unpaired) electrons. The number of aromatic nitrogens is 3. The molecule has 0 aliphatic rings. The minimum Gasteiger partial charge on any atom is -0.476 e. The molecule has 0 bridgehead atoms. The molecule has 0 saturated carbocycles. The van der Waals surface area contributed by atoms with Gasteiger partial charge in [-0.2, -0.15) is 5.10 Å². The summed E-state index contributed by atoms with van der Waals surface area (Å²) in [5.74, 6) is 0.547. The second-order valence-electron chi connectivity index (χ2n) is 3.81. The van der Waals surface area contributed by atoms with Crippen LogP contribution in [-0.4, -0.2) is 28.8 Å². The zero-order valence-electron chi connectivity index (χ0n) is 10.3. The van der Waals surface area contributed by atoms with Crippen molar-refractivity contribution >= 4 is 0 Å². The van der Waals surface area contributed by atoms with Gasteiger partial charge < -0.3 is 10.1 Å². The summed E-state index contributed by atoms with van der Waals surface area (Å²) in [6.45, 7) is 1.26. The van der Waals surface area contributed by atoms with Gasteiger partial charge in [0.05, 0.1) is 12.3 Å². The van der Waals surface area contributed by atoms with Crippen molar-refractivity contribution in [3.05, 3.63) is 47.9 Å². The van der Waals surface area contributed by atoms with Gasteiger partial charge in [0.25, 0.3) is 0 Å². The Morgan fingerprint density at radius 3 is 2.72 bits per heavy atom. The lowest BCUT2D eigenvalue weighted by atomic mass is 10.3. The fourth-order valence-corrected chi connectivity index (χ4v) is 1.51. The minimum absolute atomic E-state index is 0.547. The molecule has 94 valence electrons. The first-order chi connectivity index (χ1) is 8.88. The Kier molecular flexibility index (Phi) is 4.60. The smallest absolute Gasteiger partial charge is 0.233 e. The van der Waals surface area contributed by atoms with Crippen molar-refractivity contribution in [2.75, 3.05) is 13.7 Å². The molecule has 5 heteroatoms.